The van der Waals surface area contributed by atoms with E-state index in [0.29, 0.717) is 10.3 Å². The molecule has 1 aliphatic heterocycles. The maximum absolute atomic E-state index is 13.3. The first-order valence-corrected chi connectivity index (χ1v) is 8.31. The van der Waals surface area contributed by atoms with Crippen molar-refractivity contribution in [2.75, 3.05) is 6.54 Å². The third-order valence-electron chi connectivity index (χ3n) is 4.73. The normalized spacial score (nSPS) is 21.2. The molecule has 1 aromatic heterocycles. The van der Waals surface area contributed by atoms with Gasteiger partial charge in [0.05, 0.1) is 16.8 Å². The molecule has 0 aromatic carbocycles. The third-order valence-corrected chi connectivity index (χ3v) is 5.53. The van der Waals surface area contributed by atoms with Crippen molar-refractivity contribution in [3.05, 3.63) is 22.4 Å². The second kappa shape index (κ2) is 6.51. The maximum atomic E-state index is 13.3. The molecule has 138 valence electrons. The van der Waals surface area contributed by atoms with Crippen molar-refractivity contribution in [2.45, 2.75) is 44.6 Å². The number of ketones is 1. The van der Waals surface area contributed by atoms with Gasteiger partial charge in [-0.05, 0) is 40.9 Å². The van der Waals surface area contributed by atoms with Crippen LogP contribution in [0.5, 0.6) is 0 Å². The van der Waals surface area contributed by atoms with E-state index in [2.05, 4.69) is 21.2 Å². The lowest BCUT2D eigenvalue weighted by molar-refractivity contribution is -0.135. The molecule has 9 heteroatoms. The Hall–Kier alpha value is -1.77. The Labute approximate surface area is 152 Å². The van der Waals surface area contributed by atoms with Gasteiger partial charge in [0.2, 0.25) is 5.92 Å². The van der Waals surface area contributed by atoms with Gasteiger partial charge in [-0.3, -0.25) is 14.5 Å². The Morgan fingerprint density at radius 2 is 1.84 bits per heavy atom. The topological polar surface area (TPSA) is 71.4 Å². The number of halogens is 3. The molecule has 0 unspecified atom stereocenters. The van der Waals surface area contributed by atoms with Crippen LogP contribution in [0.4, 0.5) is 13.6 Å². The summed E-state index contributed by atoms with van der Waals surface area (Å²) in [6.45, 7) is -0.410. The number of carbonyl (C=O) groups is 3. The molecule has 3 amide bonds. The van der Waals surface area contributed by atoms with Crippen LogP contribution in [0.15, 0.2) is 16.7 Å². The summed E-state index contributed by atoms with van der Waals surface area (Å²) < 4.78 is 29.0. The predicted octanol–water partition coefficient (Wildman–Crippen LogP) is 3.11. The molecule has 1 aliphatic carbocycles. The van der Waals surface area contributed by atoms with Crippen molar-refractivity contribution < 1.29 is 23.2 Å². The average molecular weight is 420 g/mol. The standard InChI is InChI=1S/C15H16BrF2N3O3.CH4/c1-20-9(2-3-11(20)16)10(22)8-21-12(23)14(19-13(21)24)4-6-15(17,18)7-5-14;/h2-3H,4-8H2,1H3,(H,19,24);1H4. The highest BCUT2D eigenvalue weighted by molar-refractivity contribution is 9.10. The summed E-state index contributed by atoms with van der Waals surface area (Å²) in [5, 5.41) is 2.52. The largest absolute Gasteiger partial charge is 0.336 e. The molecule has 0 bridgehead atoms. The molecule has 2 heterocycles. The van der Waals surface area contributed by atoms with Gasteiger partial charge in [0.1, 0.15) is 5.54 Å². The van der Waals surface area contributed by atoms with Crippen LogP contribution in [-0.2, 0) is 11.8 Å². The maximum Gasteiger partial charge on any atom is 0.325 e. The quantitative estimate of drug-likeness (QED) is 0.604. The lowest BCUT2D eigenvalue weighted by atomic mass is 9.80. The van der Waals surface area contributed by atoms with E-state index >= 15 is 0 Å². The van der Waals surface area contributed by atoms with Crippen molar-refractivity contribution >= 4 is 33.7 Å². The first kappa shape index (κ1) is 19.6. The van der Waals surface area contributed by atoms with Gasteiger partial charge >= 0.3 is 6.03 Å². The molecule has 25 heavy (non-hydrogen) atoms. The minimum absolute atomic E-state index is 0. The molecule has 1 spiro atoms. The van der Waals surface area contributed by atoms with Crippen LogP contribution in [0.1, 0.15) is 43.6 Å². The smallest absolute Gasteiger partial charge is 0.325 e. The zero-order valence-electron chi connectivity index (χ0n) is 12.9. The number of urea groups is 1. The van der Waals surface area contributed by atoms with Gasteiger partial charge in [0.25, 0.3) is 5.91 Å². The minimum Gasteiger partial charge on any atom is -0.336 e. The van der Waals surface area contributed by atoms with E-state index in [4.69, 9.17) is 0 Å². The SMILES string of the molecule is C.Cn1c(Br)ccc1C(=O)CN1C(=O)NC2(CCC(F)(F)CC2)C1=O. The summed E-state index contributed by atoms with van der Waals surface area (Å²) in [5.41, 5.74) is -0.952. The van der Waals surface area contributed by atoms with Gasteiger partial charge in [0, 0.05) is 19.9 Å². The van der Waals surface area contributed by atoms with Gasteiger partial charge in [-0.2, -0.15) is 0 Å². The molecular formula is C16H20BrF2N3O3. The van der Waals surface area contributed by atoms with Gasteiger partial charge in [-0.1, -0.05) is 7.43 Å². The van der Waals surface area contributed by atoms with E-state index in [0.717, 1.165) is 4.90 Å². The van der Waals surface area contributed by atoms with Crippen LogP contribution in [0.3, 0.4) is 0 Å². The second-order valence-electron chi connectivity index (χ2n) is 6.28. The number of nitrogens with zero attached hydrogens (tertiary/aromatic N) is 2. The number of nitrogens with one attached hydrogen (secondary N) is 1. The Morgan fingerprint density at radius 1 is 1.24 bits per heavy atom. The molecule has 2 fully saturated rings. The monoisotopic (exact) mass is 419 g/mol. The molecule has 1 N–H and O–H groups in total. The number of rotatable bonds is 3. The molecule has 1 saturated heterocycles. The summed E-state index contributed by atoms with van der Waals surface area (Å²) in [7, 11) is 1.67. The van der Waals surface area contributed by atoms with Crippen LogP contribution in [0, 0.1) is 0 Å². The lowest BCUT2D eigenvalue weighted by Gasteiger charge is -2.34. The van der Waals surface area contributed by atoms with E-state index in [1.165, 1.54) is 0 Å². The lowest BCUT2D eigenvalue weighted by Crippen LogP contribution is -2.51. The van der Waals surface area contributed by atoms with Crippen molar-refractivity contribution in [3.63, 3.8) is 0 Å². The van der Waals surface area contributed by atoms with Crippen LogP contribution >= 0.6 is 15.9 Å². The fraction of sp³-hybridized carbons (Fsp3) is 0.562. The van der Waals surface area contributed by atoms with Crippen molar-refractivity contribution in [1.82, 2.24) is 14.8 Å². The highest BCUT2D eigenvalue weighted by Crippen LogP contribution is 2.41. The Morgan fingerprint density at radius 3 is 2.36 bits per heavy atom. The van der Waals surface area contributed by atoms with Gasteiger partial charge in [-0.15, -0.1) is 0 Å². The van der Waals surface area contributed by atoms with Crippen LogP contribution in [0.2, 0.25) is 0 Å². The molecule has 1 saturated carbocycles. The Balaban J connectivity index is 0.00000225. The van der Waals surface area contributed by atoms with Crippen LogP contribution < -0.4 is 5.32 Å². The number of alkyl halides is 2. The molecule has 3 rings (SSSR count). The fourth-order valence-corrected chi connectivity index (χ4v) is 3.52. The highest BCUT2D eigenvalue weighted by atomic mass is 79.9. The van der Waals surface area contributed by atoms with Gasteiger partial charge < -0.3 is 9.88 Å². The van der Waals surface area contributed by atoms with E-state index in [1.807, 2.05) is 0 Å². The first-order valence-electron chi connectivity index (χ1n) is 7.52. The van der Waals surface area contributed by atoms with Gasteiger partial charge in [0.15, 0.2) is 5.78 Å². The minimum atomic E-state index is -2.81. The predicted molar refractivity (Wildman–Crippen MR) is 90.6 cm³/mol. The summed E-state index contributed by atoms with van der Waals surface area (Å²) >= 11 is 3.27. The number of Topliss-reactive ketones (excluding diaryl/α,β-unsaturated/α-hetero) is 1. The Kier molecular flexibility index (Phi) is 5.09. The summed E-state index contributed by atoms with van der Waals surface area (Å²) in [6, 6.07) is 2.57. The van der Waals surface area contributed by atoms with Crippen LogP contribution in [0.25, 0.3) is 0 Å². The van der Waals surface area contributed by atoms with E-state index in [1.54, 1.807) is 23.7 Å². The number of imide groups is 1. The Bertz CT molecular complexity index is 722. The third kappa shape index (κ3) is 3.33. The fourth-order valence-electron chi connectivity index (χ4n) is 3.19. The molecule has 1 aromatic rings. The van der Waals surface area contributed by atoms with E-state index in [-0.39, 0.29) is 20.3 Å². The molecule has 0 radical (unpaired) electrons. The first-order chi connectivity index (χ1) is 11.2. The van der Waals surface area contributed by atoms with Gasteiger partial charge in [-0.25, -0.2) is 13.6 Å². The molecule has 0 atom stereocenters. The zero-order valence-corrected chi connectivity index (χ0v) is 14.5. The summed E-state index contributed by atoms with van der Waals surface area (Å²) in [4.78, 5) is 37.9. The summed E-state index contributed by atoms with van der Waals surface area (Å²) in [6.07, 6.45) is -1.15. The number of aromatic nitrogens is 1. The highest BCUT2D eigenvalue weighted by Gasteiger charge is 2.55. The van der Waals surface area contributed by atoms with E-state index in [9.17, 15) is 23.2 Å². The van der Waals surface area contributed by atoms with Crippen LogP contribution in [-0.4, -0.2) is 45.2 Å². The van der Waals surface area contributed by atoms with E-state index < -0.39 is 48.6 Å². The average Bonchev–Trinajstić information content (AvgIpc) is 2.96. The number of hydrogen-bond donors (Lipinski definition) is 1. The molecular weight excluding hydrogens is 400 g/mol. The van der Waals surface area contributed by atoms with Crippen molar-refractivity contribution in [2.24, 2.45) is 7.05 Å². The number of hydrogen-bond acceptors (Lipinski definition) is 3. The number of amides is 3. The van der Waals surface area contributed by atoms with Crippen molar-refractivity contribution in [1.29, 1.82) is 0 Å². The molecule has 2 aliphatic rings. The second-order valence-corrected chi connectivity index (χ2v) is 7.10. The summed E-state index contributed by atoms with van der Waals surface area (Å²) in [5.74, 6) is -3.80. The number of carbonyl (C=O) groups excluding carboxylic acids is 3. The van der Waals surface area contributed by atoms with Crippen molar-refractivity contribution in [3.8, 4) is 0 Å². The molecule has 6 nitrogen and oxygen atoms in total. The zero-order chi connectivity index (χ0) is 17.7.